The molecule has 1 aromatic carbocycles. The van der Waals surface area contributed by atoms with Crippen LogP contribution < -0.4 is 5.32 Å². The van der Waals surface area contributed by atoms with E-state index in [0.29, 0.717) is 0 Å². The first kappa shape index (κ1) is 16.3. The van der Waals surface area contributed by atoms with E-state index in [1.54, 1.807) is 11.3 Å². The molecule has 1 N–H and O–H groups in total. The van der Waals surface area contributed by atoms with Gasteiger partial charge < -0.3 is 5.32 Å². The van der Waals surface area contributed by atoms with Crippen LogP contribution in [0.2, 0.25) is 10.0 Å². The van der Waals surface area contributed by atoms with Crippen LogP contribution >= 0.6 is 50.5 Å². The van der Waals surface area contributed by atoms with Gasteiger partial charge in [-0.05, 0) is 64.1 Å². The van der Waals surface area contributed by atoms with Gasteiger partial charge in [0.25, 0.3) is 0 Å². The van der Waals surface area contributed by atoms with E-state index < -0.39 is 0 Å². The van der Waals surface area contributed by atoms with Crippen molar-refractivity contribution in [3.63, 3.8) is 0 Å². The van der Waals surface area contributed by atoms with Crippen LogP contribution in [-0.2, 0) is 6.42 Å². The van der Waals surface area contributed by atoms with Crippen LogP contribution in [0.25, 0.3) is 0 Å². The average Bonchev–Trinajstić information content (AvgIpc) is 2.83. The van der Waals surface area contributed by atoms with Gasteiger partial charge in [-0.25, -0.2) is 0 Å². The van der Waals surface area contributed by atoms with Gasteiger partial charge >= 0.3 is 0 Å². The van der Waals surface area contributed by atoms with Crippen molar-refractivity contribution in [3.05, 3.63) is 54.6 Å². The first-order valence-electron chi connectivity index (χ1n) is 6.52. The summed E-state index contributed by atoms with van der Waals surface area (Å²) < 4.78 is 1.16. The molecule has 0 amide bonds. The summed E-state index contributed by atoms with van der Waals surface area (Å²) in [5.74, 6) is 0. The minimum Gasteiger partial charge on any atom is -0.310 e. The molecule has 0 saturated heterocycles. The van der Waals surface area contributed by atoms with Crippen LogP contribution in [0.4, 0.5) is 0 Å². The zero-order chi connectivity index (χ0) is 14.5. The minimum absolute atomic E-state index is 0.177. The van der Waals surface area contributed by atoms with Crippen molar-refractivity contribution < 1.29 is 0 Å². The molecular weight excluding hydrogens is 377 g/mol. The molecule has 1 nitrogen and oxygen atoms in total. The van der Waals surface area contributed by atoms with Crippen LogP contribution in [0, 0.1) is 0 Å². The average molecular weight is 393 g/mol. The fourth-order valence-corrected chi connectivity index (χ4v) is 4.04. The molecule has 0 radical (unpaired) electrons. The smallest absolute Gasteiger partial charge is 0.0454 e. The first-order valence-corrected chi connectivity index (χ1v) is 8.95. The predicted molar refractivity (Wildman–Crippen MR) is 93.2 cm³/mol. The summed E-state index contributed by atoms with van der Waals surface area (Å²) in [6, 6.07) is 7.90. The Morgan fingerprint density at radius 3 is 2.75 bits per heavy atom. The maximum Gasteiger partial charge on any atom is 0.0454 e. The lowest BCUT2D eigenvalue weighted by molar-refractivity contribution is 0.532. The van der Waals surface area contributed by atoms with Crippen molar-refractivity contribution in [3.8, 4) is 0 Å². The molecule has 2 rings (SSSR count). The zero-order valence-electron chi connectivity index (χ0n) is 11.1. The molecule has 0 saturated carbocycles. The molecule has 20 heavy (non-hydrogen) atoms. The lowest BCUT2D eigenvalue weighted by atomic mass is 10.0. The second-order valence-corrected chi connectivity index (χ2v) is 7.27. The van der Waals surface area contributed by atoms with Gasteiger partial charge in [0, 0.05) is 31.9 Å². The lowest BCUT2D eigenvalue weighted by Crippen LogP contribution is -2.24. The SMILES string of the molecule is CCCNC(Cc1sccc1Br)c1cc(Cl)ccc1Cl. The van der Waals surface area contributed by atoms with E-state index >= 15 is 0 Å². The molecule has 0 spiro atoms. The summed E-state index contributed by atoms with van der Waals surface area (Å²) in [7, 11) is 0. The molecule has 1 aromatic heterocycles. The Balaban J connectivity index is 2.27. The highest BCUT2D eigenvalue weighted by Gasteiger charge is 2.17. The van der Waals surface area contributed by atoms with Crippen LogP contribution in [0.15, 0.2) is 34.1 Å². The van der Waals surface area contributed by atoms with Gasteiger partial charge in [-0.3, -0.25) is 0 Å². The lowest BCUT2D eigenvalue weighted by Gasteiger charge is -2.20. The Kier molecular flexibility index (Phi) is 6.37. The van der Waals surface area contributed by atoms with E-state index in [9.17, 15) is 0 Å². The van der Waals surface area contributed by atoms with Crippen molar-refractivity contribution in [1.82, 2.24) is 5.32 Å². The number of benzene rings is 1. The summed E-state index contributed by atoms with van der Waals surface area (Å²) in [5, 5.41) is 7.14. The zero-order valence-corrected chi connectivity index (χ0v) is 15.0. The third kappa shape index (κ3) is 4.22. The maximum atomic E-state index is 6.34. The first-order chi connectivity index (χ1) is 9.61. The third-order valence-electron chi connectivity index (χ3n) is 3.05. The Bertz CT molecular complexity index is 571. The summed E-state index contributed by atoms with van der Waals surface area (Å²) in [4.78, 5) is 1.31. The molecule has 2 aromatic rings. The quantitative estimate of drug-likeness (QED) is 0.625. The van der Waals surface area contributed by atoms with E-state index in [2.05, 4.69) is 39.6 Å². The fraction of sp³-hybridized carbons (Fsp3) is 0.333. The molecule has 0 aliphatic carbocycles. The molecule has 0 fully saturated rings. The predicted octanol–water partition coefficient (Wildman–Crippen LogP) is 6.10. The van der Waals surface area contributed by atoms with Gasteiger partial charge in [0.1, 0.15) is 0 Å². The number of thiophene rings is 1. The molecule has 108 valence electrons. The van der Waals surface area contributed by atoms with E-state index in [1.165, 1.54) is 4.88 Å². The van der Waals surface area contributed by atoms with Crippen molar-refractivity contribution in [2.24, 2.45) is 0 Å². The van der Waals surface area contributed by atoms with Crippen molar-refractivity contribution >= 4 is 50.5 Å². The minimum atomic E-state index is 0.177. The van der Waals surface area contributed by atoms with Crippen LogP contribution in [0.5, 0.6) is 0 Å². The standard InChI is InChI=1S/C15H16BrCl2NS/c1-2-6-19-14(9-15-12(16)5-7-20-15)11-8-10(17)3-4-13(11)18/h3-5,7-8,14,19H,2,6,9H2,1H3. The van der Waals surface area contributed by atoms with Gasteiger partial charge in [-0.15, -0.1) is 11.3 Å². The van der Waals surface area contributed by atoms with Crippen molar-refractivity contribution in [2.75, 3.05) is 6.54 Å². The van der Waals surface area contributed by atoms with Gasteiger partial charge in [0.05, 0.1) is 0 Å². The van der Waals surface area contributed by atoms with Crippen molar-refractivity contribution in [2.45, 2.75) is 25.8 Å². The van der Waals surface area contributed by atoms with Crippen LogP contribution in [0.3, 0.4) is 0 Å². The van der Waals surface area contributed by atoms with Gasteiger partial charge in [0.2, 0.25) is 0 Å². The highest BCUT2D eigenvalue weighted by atomic mass is 79.9. The summed E-state index contributed by atoms with van der Waals surface area (Å²) in [6.45, 7) is 3.11. The van der Waals surface area contributed by atoms with E-state index in [1.807, 2.05) is 18.2 Å². The molecule has 0 aliphatic rings. The van der Waals surface area contributed by atoms with Gasteiger partial charge in [-0.2, -0.15) is 0 Å². The van der Waals surface area contributed by atoms with Gasteiger partial charge in [-0.1, -0.05) is 30.1 Å². The molecule has 5 heteroatoms. The Morgan fingerprint density at radius 1 is 1.30 bits per heavy atom. The van der Waals surface area contributed by atoms with Gasteiger partial charge in [0.15, 0.2) is 0 Å². The highest BCUT2D eigenvalue weighted by Crippen LogP contribution is 2.32. The largest absolute Gasteiger partial charge is 0.310 e. The maximum absolute atomic E-state index is 6.34. The third-order valence-corrected chi connectivity index (χ3v) is 5.58. The number of halogens is 3. The Labute approximate surface area is 142 Å². The second kappa shape index (κ2) is 7.81. The summed E-state index contributed by atoms with van der Waals surface area (Å²) >= 11 is 17.8. The number of hydrogen-bond donors (Lipinski definition) is 1. The molecule has 1 unspecified atom stereocenters. The van der Waals surface area contributed by atoms with E-state index in [-0.39, 0.29) is 6.04 Å². The highest BCUT2D eigenvalue weighted by molar-refractivity contribution is 9.10. The monoisotopic (exact) mass is 391 g/mol. The Hall–Kier alpha value is -0.0600. The molecule has 1 atom stereocenters. The summed E-state index contributed by atoms with van der Waals surface area (Å²) in [6.07, 6.45) is 1.98. The van der Waals surface area contributed by atoms with Crippen LogP contribution in [0.1, 0.15) is 29.8 Å². The number of nitrogens with one attached hydrogen (secondary N) is 1. The molecule has 0 aliphatic heterocycles. The second-order valence-electron chi connectivity index (χ2n) is 4.57. The molecular formula is C15H16BrCl2NS. The molecule has 0 bridgehead atoms. The van der Waals surface area contributed by atoms with Crippen molar-refractivity contribution in [1.29, 1.82) is 0 Å². The topological polar surface area (TPSA) is 12.0 Å². The van der Waals surface area contributed by atoms with E-state index in [0.717, 1.165) is 39.5 Å². The number of rotatable bonds is 6. The Morgan fingerprint density at radius 2 is 2.10 bits per heavy atom. The normalized spacial score (nSPS) is 12.6. The molecule has 1 heterocycles. The van der Waals surface area contributed by atoms with E-state index in [4.69, 9.17) is 23.2 Å². The fourth-order valence-electron chi connectivity index (χ4n) is 2.05. The van der Waals surface area contributed by atoms with Crippen LogP contribution in [-0.4, -0.2) is 6.54 Å². The summed E-state index contributed by atoms with van der Waals surface area (Å²) in [5.41, 5.74) is 1.06. The number of hydrogen-bond acceptors (Lipinski definition) is 2.